The highest BCUT2D eigenvalue weighted by atomic mass is 28.4. The molecule has 2 heterocycles. The minimum absolute atomic E-state index is 0.0157. The van der Waals surface area contributed by atoms with Crippen molar-refractivity contribution in [1.29, 1.82) is 0 Å². The molecule has 17 heavy (non-hydrogen) atoms. The van der Waals surface area contributed by atoms with Gasteiger partial charge in [0.1, 0.15) is 18.3 Å². The predicted octanol–water partition coefficient (Wildman–Crippen LogP) is 1.54. The molecule has 0 amide bonds. The lowest BCUT2D eigenvalue weighted by Gasteiger charge is -2.39. The fraction of sp³-hybridized carbons (Fsp3) is 1.00. The summed E-state index contributed by atoms with van der Waals surface area (Å²) in [4.78, 5) is 0. The van der Waals surface area contributed by atoms with E-state index < -0.39 is 14.4 Å². The van der Waals surface area contributed by atoms with E-state index in [4.69, 9.17) is 13.9 Å². The van der Waals surface area contributed by atoms with Crippen LogP contribution in [-0.4, -0.2) is 51.1 Å². The van der Waals surface area contributed by atoms with Crippen molar-refractivity contribution in [2.75, 3.05) is 13.2 Å². The van der Waals surface area contributed by atoms with Crippen molar-refractivity contribution in [3.8, 4) is 0 Å². The van der Waals surface area contributed by atoms with Gasteiger partial charge in [0.05, 0.1) is 19.3 Å². The number of aliphatic hydroxyl groups is 1. The Bertz CT molecular complexity index is 287. The molecule has 0 aromatic carbocycles. The lowest BCUT2D eigenvalue weighted by atomic mass is 10.1. The van der Waals surface area contributed by atoms with E-state index in [0.29, 0.717) is 13.2 Å². The highest BCUT2D eigenvalue weighted by Crippen LogP contribution is 2.40. The molecule has 0 bridgehead atoms. The van der Waals surface area contributed by atoms with Crippen LogP contribution in [-0.2, 0) is 13.9 Å². The van der Waals surface area contributed by atoms with Gasteiger partial charge in [-0.15, -0.1) is 0 Å². The van der Waals surface area contributed by atoms with Gasteiger partial charge in [-0.25, -0.2) is 0 Å². The number of hydrogen-bond donors (Lipinski definition) is 1. The summed E-state index contributed by atoms with van der Waals surface area (Å²) in [5.41, 5.74) is 0. The maximum atomic E-state index is 9.68. The van der Waals surface area contributed by atoms with Gasteiger partial charge >= 0.3 is 0 Å². The monoisotopic (exact) mass is 260 g/mol. The van der Waals surface area contributed by atoms with Crippen LogP contribution in [0, 0.1) is 0 Å². The first-order valence-corrected chi connectivity index (χ1v) is 9.22. The fourth-order valence-corrected chi connectivity index (χ4v) is 3.41. The Hall–Kier alpha value is 0.0569. The van der Waals surface area contributed by atoms with Crippen LogP contribution in [0.15, 0.2) is 0 Å². The van der Waals surface area contributed by atoms with Crippen LogP contribution in [0.5, 0.6) is 0 Å². The molecule has 4 atom stereocenters. The molecule has 100 valence electrons. The normalized spacial score (nSPS) is 38.5. The van der Waals surface area contributed by atoms with Crippen LogP contribution < -0.4 is 0 Å². The van der Waals surface area contributed by atoms with E-state index in [2.05, 4.69) is 33.9 Å². The molecule has 0 radical (unpaired) electrons. The molecule has 0 aliphatic carbocycles. The van der Waals surface area contributed by atoms with Gasteiger partial charge in [-0.05, 0) is 18.1 Å². The summed E-state index contributed by atoms with van der Waals surface area (Å²) in [5.74, 6) is 0. The van der Waals surface area contributed by atoms with Gasteiger partial charge in [0, 0.05) is 0 Å². The van der Waals surface area contributed by atoms with E-state index in [9.17, 15) is 5.11 Å². The van der Waals surface area contributed by atoms with E-state index in [1.54, 1.807) is 0 Å². The molecule has 0 spiro atoms. The number of aliphatic hydroxyl groups excluding tert-OH is 1. The van der Waals surface area contributed by atoms with Gasteiger partial charge in [-0.1, -0.05) is 20.8 Å². The Kier molecular flexibility index (Phi) is 3.42. The third-order valence-electron chi connectivity index (χ3n) is 4.23. The van der Waals surface area contributed by atoms with Gasteiger partial charge in [0.25, 0.3) is 0 Å². The van der Waals surface area contributed by atoms with Crippen molar-refractivity contribution in [2.24, 2.45) is 0 Å². The van der Waals surface area contributed by atoms with Gasteiger partial charge in [-0.3, -0.25) is 0 Å². The minimum Gasteiger partial charge on any atom is -0.409 e. The smallest absolute Gasteiger partial charge is 0.192 e. The second-order valence-corrected chi connectivity index (χ2v) is 11.3. The number of fused-ring (bicyclic) bond motifs is 1. The third-order valence-corrected chi connectivity index (χ3v) is 8.74. The molecule has 0 unspecified atom stereocenters. The van der Waals surface area contributed by atoms with Crippen molar-refractivity contribution >= 4 is 8.32 Å². The quantitative estimate of drug-likeness (QED) is 0.765. The minimum atomic E-state index is -1.79. The van der Waals surface area contributed by atoms with Gasteiger partial charge in [0.2, 0.25) is 0 Å². The van der Waals surface area contributed by atoms with Crippen LogP contribution in [0.2, 0.25) is 18.1 Å². The Morgan fingerprint density at radius 3 is 2.29 bits per heavy atom. The summed E-state index contributed by atoms with van der Waals surface area (Å²) in [6.07, 6.45) is -0.782. The molecule has 0 aromatic heterocycles. The van der Waals surface area contributed by atoms with E-state index in [1.807, 2.05) is 0 Å². The zero-order valence-corrected chi connectivity index (χ0v) is 12.4. The van der Waals surface area contributed by atoms with Gasteiger partial charge in [0.15, 0.2) is 8.32 Å². The van der Waals surface area contributed by atoms with Crippen LogP contribution in [0.25, 0.3) is 0 Å². The first-order chi connectivity index (χ1) is 7.72. The predicted molar refractivity (Wildman–Crippen MR) is 67.6 cm³/mol. The maximum Gasteiger partial charge on any atom is 0.192 e. The molecular weight excluding hydrogens is 236 g/mol. The Morgan fingerprint density at radius 1 is 1.12 bits per heavy atom. The standard InChI is InChI=1S/C12H24O4Si/c1-12(2,3)17(4,5)16-9-7-15-10-8(13)6-14-11(9)10/h8-11,13H,6-7H2,1-5H3/t8-,9+,10-,11-/m1/s1. The molecule has 0 aromatic rings. The molecule has 4 nitrogen and oxygen atoms in total. The third kappa shape index (κ3) is 2.44. The molecule has 2 rings (SSSR count). The van der Waals surface area contributed by atoms with E-state index >= 15 is 0 Å². The Balaban J connectivity index is 2.02. The molecular formula is C12H24O4Si. The van der Waals surface area contributed by atoms with E-state index in [1.165, 1.54) is 0 Å². The second-order valence-electron chi connectivity index (χ2n) is 6.58. The summed E-state index contributed by atoms with van der Waals surface area (Å²) in [6, 6.07) is 0. The van der Waals surface area contributed by atoms with Crippen molar-refractivity contribution in [2.45, 2.75) is 63.3 Å². The first kappa shape index (κ1) is 13.5. The van der Waals surface area contributed by atoms with Crippen molar-refractivity contribution in [3.63, 3.8) is 0 Å². The Morgan fingerprint density at radius 2 is 1.71 bits per heavy atom. The Labute approximate surface area is 104 Å². The summed E-state index contributed by atoms with van der Waals surface area (Å²) in [6.45, 7) is 12.0. The highest BCUT2D eigenvalue weighted by Gasteiger charge is 2.50. The second kappa shape index (κ2) is 4.31. The van der Waals surface area contributed by atoms with Crippen LogP contribution >= 0.6 is 0 Å². The number of hydrogen-bond acceptors (Lipinski definition) is 4. The van der Waals surface area contributed by atoms with Crippen LogP contribution in [0.4, 0.5) is 0 Å². The number of ether oxygens (including phenoxy) is 2. The summed E-state index contributed by atoms with van der Waals surface area (Å²) in [7, 11) is -1.79. The van der Waals surface area contributed by atoms with Gasteiger partial charge < -0.3 is 19.0 Å². The maximum absolute atomic E-state index is 9.68. The SMILES string of the molecule is CC(C)(C)[Si](C)(C)O[C@H]1CO[C@H]2[C@@H]1OC[C@H]2O. The lowest BCUT2D eigenvalue weighted by molar-refractivity contribution is 0.00562. The average Bonchev–Trinajstić information content (AvgIpc) is 2.70. The molecule has 2 saturated heterocycles. The molecule has 2 aliphatic heterocycles. The lowest BCUT2D eigenvalue weighted by Crippen LogP contribution is -2.47. The molecule has 2 aliphatic rings. The molecule has 0 saturated carbocycles. The molecule has 1 N–H and O–H groups in total. The summed E-state index contributed by atoms with van der Waals surface area (Å²) in [5, 5.41) is 9.86. The summed E-state index contributed by atoms with van der Waals surface area (Å²) < 4.78 is 17.5. The van der Waals surface area contributed by atoms with Crippen molar-refractivity contribution in [3.05, 3.63) is 0 Å². The zero-order chi connectivity index (χ0) is 12.8. The van der Waals surface area contributed by atoms with Crippen LogP contribution in [0.1, 0.15) is 20.8 Å². The topological polar surface area (TPSA) is 47.9 Å². The largest absolute Gasteiger partial charge is 0.409 e. The molecule has 5 heteroatoms. The van der Waals surface area contributed by atoms with Crippen molar-refractivity contribution in [1.82, 2.24) is 0 Å². The molecule has 2 fully saturated rings. The summed E-state index contributed by atoms with van der Waals surface area (Å²) >= 11 is 0. The zero-order valence-electron chi connectivity index (χ0n) is 11.4. The average molecular weight is 260 g/mol. The van der Waals surface area contributed by atoms with Crippen LogP contribution in [0.3, 0.4) is 0 Å². The van der Waals surface area contributed by atoms with E-state index in [-0.39, 0.29) is 23.4 Å². The van der Waals surface area contributed by atoms with Gasteiger partial charge in [-0.2, -0.15) is 0 Å². The van der Waals surface area contributed by atoms with Crippen molar-refractivity contribution < 1.29 is 19.0 Å². The number of rotatable bonds is 2. The van der Waals surface area contributed by atoms with E-state index in [0.717, 1.165) is 0 Å². The highest BCUT2D eigenvalue weighted by molar-refractivity contribution is 6.74. The first-order valence-electron chi connectivity index (χ1n) is 6.31. The fourth-order valence-electron chi connectivity index (χ4n) is 2.10.